The molecule has 1 rings (SSSR count). The van der Waals surface area contributed by atoms with E-state index in [9.17, 15) is 12.8 Å². The summed E-state index contributed by atoms with van der Waals surface area (Å²) in [5, 5.41) is 0.369. The first-order valence-corrected chi connectivity index (χ1v) is 6.60. The molecule has 0 saturated heterocycles. The minimum absolute atomic E-state index is 0.0260. The summed E-state index contributed by atoms with van der Waals surface area (Å²) in [7, 11) is 1.40. The number of hydrogen-bond acceptors (Lipinski definition) is 2. The van der Waals surface area contributed by atoms with Crippen molar-refractivity contribution in [3.63, 3.8) is 0 Å². The van der Waals surface area contributed by atoms with Crippen molar-refractivity contribution < 1.29 is 12.8 Å². The molecule has 78 valence electrons. The Labute approximate surface area is 91.1 Å². The molecule has 0 unspecified atom stereocenters. The Morgan fingerprint density at radius 1 is 1.36 bits per heavy atom. The molecule has 1 aromatic rings. The molecule has 0 bridgehead atoms. The zero-order valence-electron chi connectivity index (χ0n) is 7.00. The van der Waals surface area contributed by atoms with Crippen LogP contribution in [0.15, 0.2) is 18.2 Å². The maximum Gasteiger partial charge on any atom is 0.232 e. The van der Waals surface area contributed by atoms with Crippen molar-refractivity contribution in [2.75, 3.05) is 5.75 Å². The van der Waals surface area contributed by atoms with E-state index in [-0.39, 0.29) is 17.7 Å². The summed E-state index contributed by atoms with van der Waals surface area (Å²) in [6, 6.07) is 3.98. The number of benzene rings is 1. The van der Waals surface area contributed by atoms with Gasteiger partial charge in [-0.3, -0.25) is 0 Å². The summed E-state index contributed by atoms with van der Waals surface area (Å²) in [5.41, 5.74) is 0.252. The number of rotatable bonds is 3. The first-order valence-electron chi connectivity index (χ1n) is 3.75. The molecule has 2 nitrogen and oxygen atoms in total. The Kier molecular flexibility index (Phi) is 3.75. The van der Waals surface area contributed by atoms with E-state index in [4.69, 9.17) is 22.3 Å². The van der Waals surface area contributed by atoms with Gasteiger partial charge in [0.25, 0.3) is 0 Å². The smallest absolute Gasteiger partial charge is 0.212 e. The van der Waals surface area contributed by atoms with Crippen LogP contribution in [-0.4, -0.2) is 14.2 Å². The van der Waals surface area contributed by atoms with Crippen molar-refractivity contribution in [3.8, 4) is 0 Å². The highest BCUT2D eigenvalue weighted by molar-refractivity contribution is 8.13. The monoisotopic (exact) mass is 256 g/mol. The largest absolute Gasteiger partial charge is 0.232 e. The van der Waals surface area contributed by atoms with Crippen LogP contribution in [0.5, 0.6) is 0 Å². The van der Waals surface area contributed by atoms with Crippen LogP contribution < -0.4 is 0 Å². The summed E-state index contributed by atoms with van der Waals surface area (Å²) in [5.74, 6) is -0.777. The van der Waals surface area contributed by atoms with Crippen LogP contribution in [0.1, 0.15) is 5.56 Å². The second kappa shape index (κ2) is 4.47. The van der Waals surface area contributed by atoms with Crippen molar-refractivity contribution in [2.24, 2.45) is 0 Å². The van der Waals surface area contributed by atoms with Gasteiger partial charge in [0.1, 0.15) is 5.82 Å². The minimum Gasteiger partial charge on any atom is -0.212 e. The average molecular weight is 257 g/mol. The Morgan fingerprint density at radius 2 is 2.00 bits per heavy atom. The SMILES string of the molecule is O=S(=O)(Cl)CCc1cc(Cl)ccc1F. The second-order valence-electron chi connectivity index (χ2n) is 2.73. The molecule has 0 aromatic heterocycles. The molecule has 0 aliphatic rings. The molecule has 0 amide bonds. The molecular formula is C8H7Cl2FO2S. The lowest BCUT2D eigenvalue weighted by atomic mass is 10.1. The van der Waals surface area contributed by atoms with Crippen LogP contribution in [0.2, 0.25) is 5.02 Å². The predicted octanol–water partition coefficient (Wildman–Crippen LogP) is 2.59. The van der Waals surface area contributed by atoms with Gasteiger partial charge in [0.2, 0.25) is 9.05 Å². The quantitative estimate of drug-likeness (QED) is 0.780. The molecular weight excluding hydrogens is 250 g/mol. The number of aryl methyl sites for hydroxylation is 1. The zero-order chi connectivity index (χ0) is 10.8. The standard InChI is InChI=1S/C8H7Cl2FO2S/c9-7-1-2-8(11)6(5-7)3-4-14(10,12)13/h1-2,5H,3-4H2. The first kappa shape index (κ1) is 11.8. The lowest BCUT2D eigenvalue weighted by Gasteiger charge is -2.01. The molecule has 0 aliphatic carbocycles. The molecule has 1 aromatic carbocycles. The third-order valence-corrected chi connectivity index (χ3v) is 3.01. The van der Waals surface area contributed by atoms with Gasteiger partial charge in [-0.25, -0.2) is 12.8 Å². The van der Waals surface area contributed by atoms with Gasteiger partial charge in [-0.05, 0) is 30.2 Å². The van der Waals surface area contributed by atoms with E-state index in [1.165, 1.54) is 18.2 Å². The lowest BCUT2D eigenvalue weighted by Crippen LogP contribution is -2.02. The first-order chi connectivity index (χ1) is 6.38. The van der Waals surface area contributed by atoms with Crippen LogP contribution >= 0.6 is 22.3 Å². The molecule has 0 heterocycles. The zero-order valence-corrected chi connectivity index (χ0v) is 9.33. The highest BCUT2D eigenvalue weighted by Gasteiger charge is 2.09. The number of halogens is 3. The fourth-order valence-corrected chi connectivity index (χ4v) is 1.86. The van der Waals surface area contributed by atoms with Gasteiger partial charge in [0.05, 0.1) is 5.75 Å². The molecule has 0 N–H and O–H groups in total. The third kappa shape index (κ3) is 3.82. The van der Waals surface area contributed by atoms with E-state index in [0.717, 1.165) is 0 Å². The molecule has 0 radical (unpaired) electrons. The van der Waals surface area contributed by atoms with E-state index >= 15 is 0 Å². The Hall–Kier alpha value is -0.320. The fraction of sp³-hybridized carbons (Fsp3) is 0.250. The molecule has 14 heavy (non-hydrogen) atoms. The van der Waals surface area contributed by atoms with E-state index < -0.39 is 14.9 Å². The van der Waals surface area contributed by atoms with Gasteiger partial charge in [-0.15, -0.1) is 0 Å². The van der Waals surface area contributed by atoms with Crippen molar-refractivity contribution in [1.29, 1.82) is 0 Å². The van der Waals surface area contributed by atoms with Crippen LogP contribution in [0.3, 0.4) is 0 Å². The Morgan fingerprint density at radius 3 is 2.57 bits per heavy atom. The summed E-state index contributed by atoms with van der Waals surface area (Å²) in [6.45, 7) is 0. The molecule has 6 heteroatoms. The van der Waals surface area contributed by atoms with Gasteiger partial charge in [0.15, 0.2) is 0 Å². The maximum absolute atomic E-state index is 13.0. The third-order valence-electron chi connectivity index (χ3n) is 1.62. The fourth-order valence-electron chi connectivity index (χ4n) is 0.967. The topological polar surface area (TPSA) is 34.1 Å². The highest BCUT2D eigenvalue weighted by atomic mass is 35.7. The van der Waals surface area contributed by atoms with Gasteiger partial charge in [-0.1, -0.05) is 11.6 Å². The second-order valence-corrected chi connectivity index (χ2v) is 6.06. The van der Waals surface area contributed by atoms with E-state index in [1.54, 1.807) is 0 Å². The van der Waals surface area contributed by atoms with Gasteiger partial charge in [0, 0.05) is 15.7 Å². The van der Waals surface area contributed by atoms with Crippen molar-refractivity contribution in [1.82, 2.24) is 0 Å². The van der Waals surface area contributed by atoms with E-state index in [2.05, 4.69) is 0 Å². The minimum atomic E-state index is -3.59. The van der Waals surface area contributed by atoms with Gasteiger partial charge >= 0.3 is 0 Å². The van der Waals surface area contributed by atoms with Gasteiger partial charge < -0.3 is 0 Å². The van der Waals surface area contributed by atoms with Gasteiger partial charge in [-0.2, -0.15) is 0 Å². The predicted molar refractivity (Wildman–Crippen MR) is 54.8 cm³/mol. The van der Waals surface area contributed by atoms with Crippen molar-refractivity contribution >= 4 is 31.3 Å². The van der Waals surface area contributed by atoms with E-state index in [1.807, 2.05) is 0 Å². The average Bonchev–Trinajstić information content (AvgIpc) is 2.05. The molecule has 0 saturated carbocycles. The number of hydrogen-bond donors (Lipinski definition) is 0. The molecule has 0 fully saturated rings. The van der Waals surface area contributed by atoms with E-state index in [0.29, 0.717) is 5.02 Å². The van der Waals surface area contributed by atoms with Crippen molar-refractivity contribution in [2.45, 2.75) is 6.42 Å². The lowest BCUT2D eigenvalue weighted by molar-refractivity contribution is 0.601. The van der Waals surface area contributed by atoms with Crippen LogP contribution in [0.25, 0.3) is 0 Å². The van der Waals surface area contributed by atoms with Crippen molar-refractivity contribution in [3.05, 3.63) is 34.6 Å². The summed E-state index contributed by atoms with van der Waals surface area (Å²) >= 11 is 5.62. The van der Waals surface area contributed by atoms with Crippen LogP contribution in [-0.2, 0) is 15.5 Å². The summed E-state index contributed by atoms with van der Waals surface area (Å²) in [6.07, 6.45) is 0.0260. The molecule has 0 spiro atoms. The molecule has 0 aliphatic heterocycles. The Balaban J connectivity index is 2.81. The summed E-state index contributed by atoms with van der Waals surface area (Å²) in [4.78, 5) is 0. The summed E-state index contributed by atoms with van der Waals surface area (Å²) < 4.78 is 34.3. The maximum atomic E-state index is 13.0. The normalized spacial score (nSPS) is 11.6. The highest BCUT2D eigenvalue weighted by Crippen LogP contribution is 2.16. The Bertz CT molecular complexity index is 431. The van der Waals surface area contributed by atoms with Crippen LogP contribution in [0.4, 0.5) is 4.39 Å². The van der Waals surface area contributed by atoms with Crippen LogP contribution in [0, 0.1) is 5.82 Å². The molecule has 0 atom stereocenters.